The topological polar surface area (TPSA) is 61.4 Å². The Morgan fingerprint density at radius 1 is 1.03 bits per heavy atom. The molecule has 1 aromatic rings. The summed E-state index contributed by atoms with van der Waals surface area (Å²) in [5.41, 5.74) is 2.45. The van der Waals surface area contributed by atoms with Crippen LogP contribution in [0.15, 0.2) is 24.3 Å². The largest absolute Gasteiger partial charge is 0.353 e. The summed E-state index contributed by atoms with van der Waals surface area (Å²) in [5.74, 6) is 0.547. The molecule has 29 heavy (non-hydrogen) atoms. The Morgan fingerprint density at radius 3 is 2.31 bits per heavy atom. The van der Waals surface area contributed by atoms with Crippen LogP contribution < -0.4 is 10.6 Å². The molecule has 0 radical (unpaired) electrons. The zero-order valence-electron chi connectivity index (χ0n) is 18.1. The molecule has 0 bridgehead atoms. The van der Waals surface area contributed by atoms with Crippen molar-refractivity contribution in [2.24, 2.45) is 5.92 Å². The standard InChI is InChI=1S/C24H37N3O2/c1-3-19-9-11-20(12-10-19)18(2)25-23(28)17-27-15-13-22(14-16-27)26-24(29)21-7-5-4-6-8-21/h9-12,18,21-22H,3-8,13-17H2,1-2H3,(H,25,28)(H,26,29). The van der Waals surface area contributed by atoms with E-state index in [1.54, 1.807) is 0 Å². The number of likely N-dealkylation sites (tertiary alicyclic amines) is 1. The van der Waals surface area contributed by atoms with Crippen LogP contribution in [0.2, 0.25) is 0 Å². The predicted molar refractivity (Wildman–Crippen MR) is 117 cm³/mol. The first-order valence-corrected chi connectivity index (χ1v) is 11.5. The lowest BCUT2D eigenvalue weighted by molar-refractivity contribution is -0.127. The predicted octanol–water partition coefficient (Wildman–Crippen LogP) is 3.59. The van der Waals surface area contributed by atoms with Gasteiger partial charge >= 0.3 is 0 Å². The zero-order chi connectivity index (χ0) is 20.6. The van der Waals surface area contributed by atoms with Crippen LogP contribution in [-0.4, -0.2) is 42.4 Å². The first kappa shape index (κ1) is 21.8. The number of amides is 2. The highest BCUT2D eigenvalue weighted by atomic mass is 16.2. The van der Waals surface area contributed by atoms with Crippen molar-refractivity contribution in [1.82, 2.24) is 15.5 Å². The molecule has 1 saturated carbocycles. The molecule has 1 unspecified atom stereocenters. The Bertz CT molecular complexity index is 659. The highest BCUT2D eigenvalue weighted by molar-refractivity contribution is 5.79. The maximum atomic E-state index is 12.5. The van der Waals surface area contributed by atoms with Gasteiger partial charge in [0, 0.05) is 25.0 Å². The number of rotatable bonds is 7. The number of carbonyl (C=O) groups is 2. The molecule has 3 rings (SSSR count). The summed E-state index contributed by atoms with van der Waals surface area (Å²) in [7, 11) is 0. The molecule has 1 aliphatic heterocycles. The SMILES string of the molecule is CCc1ccc(C(C)NC(=O)CN2CCC(NC(=O)C3CCCCC3)CC2)cc1. The van der Waals surface area contributed by atoms with E-state index < -0.39 is 0 Å². The number of aryl methyl sites for hydroxylation is 1. The van der Waals surface area contributed by atoms with Crippen LogP contribution in [0.3, 0.4) is 0 Å². The molecule has 0 spiro atoms. The molecule has 1 saturated heterocycles. The summed E-state index contributed by atoms with van der Waals surface area (Å²) in [4.78, 5) is 27.1. The van der Waals surface area contributed by atoms with Gasteiger partial charge in [-0.15, -0.1) is 0 Å². The van der Waals surface area contributed by atoms with Crippen molar-refractivity contribution in [2.45, 2.75) is 77.3 Å². The number of benzene rings is 1. The highest BCUT2D eigenvalue weighted by Crippen LogP contribution is 2.24. The summed E-state index contributed by atoms with van der Waals surface area (Å²) in [6.45, 7) is 6.34. The van der Waals surface area contributed by atoms with E-state index in [-0.39, 0.29) is 29.8 Å². The third-order valence-electron chi connectivity index (χ3n) is 6.54. The molecule has 2 fully saturated rings. The average molecular weight is 400 g/mol. The fourth-order valence-electron chi connectivity index (χ4n) is 4.53. The van der Waals surface area contributed by atoms with Crippen LogP contribution in [0.1, 0.15) is 76.0 Å². The maximum absolute atomic E-state index is 12.5. The first-order valence-electron chi connectivity index (χ1n) is 11.5. The molecular formula is C24H37N3O2. The normalized spacial score (nSPS) is 20.2. The van der Waals surface area contributed by atoms with Gasteiger partial charge in [-0.05, 0) is 50.2 Å². The Labute approximate surface area is 175 Å². The van der Waals surface area contributed by atoms with Crippen molar-refractivity contribution in [1.29, 1.82) is 0 Å². The molecule has 1 aliphatic carbocycles. The number of piperidine rings is 1. The summed E-state index contributed by atoms with van der Waals surface area (Å²) in [6.07, 6.45) is 8.62. The Morgan fingerprint density at radius 2 is 1.69 bits per heavy atom. The molecular weight excluding hydrogens is 362 g/mol. The minimum atomic E-state index is 0.0146. The number of carbonyl (C=O) groups excluding carboxylic acids is 2. The summed E-state index contributed by atoms with van der Waals surface area (Å²) in [6, 6.07) is 8.74. The number of nitrogens with zero attached hydrogens (tertiary/aromatic N) is 1. The second-order valence-electron chi connectivity index (χ2n) is 8.78. The first-order chi connectivity index (χ1) is 14.0. The average Bonchev–Trinajstić information content (AvgIpc) is 2.75. The second kappa shape index (κ2) is 10.8. The van der Waals surface area contributed by atoms with E-state index in [0.29, 0.717) is 6.54 Å². The molecule has 5 heteroatoms. The van der Waals surface area contributed by atoms with Crippen LogP contribution in [0.25, 0.3) is 0 Å². The minimum absolute atomic E-state index is 0.0146. The van der Waals surface area contributed by atoms with Crippen LogP contribution in [0.4, 0.5) is 0 Å². The van der Waals surface area contributed by atoms with Gasteiger partial charge in [-0.25, -0.2) is 0 Å². The van der Waals surface area contributed by atoms with E-state index in [9.17, 15) is 9.59 Å². The third kappa shape index (κ3) is 6.56. The van der Waals surface area contributed by atoms with Crippen LogP contribution in [0, 0.1) is 5.92 Å². The lowest BCUT2D eigenvalue weighted by Crippen LogP contribution is -2.48. The highest BCUT2D eigenvalue weighted by Gasteiger charge is 2.26. The molecule has 1 aromatic carbocycles. The Hall–Kier alpha value is -1.88. The summed E-state index contributed by atoms with van der Waals surface area (Å²) >= 11 is 0. The molecule has 2 N–H and O–H groups in total. The quantitative estimate of drug-likeness (QED) is 0.737. The van der Waals surface area contributed by atoms with E-state index in [1.165, 1.54) is 24.8 Å². The van der Waals surface area contributed by atoms with Crippen LogP contribution in [-0.2, 0) is 16.0 Å². The van der Waals surface area contributed by atoms with Gasteiger partial charge in [-0.2, -0.15) is 0 Å². The van der Waals surface area contributed by atoms with Crippen molar-refractivity contribution in [3.8, 4) is 0 Å². The van der Waals surface area contributed by atoms with Gasteiger partial charge in [-0.3, -0.25) is 14.5 Å². The Kier molecular flexibility index (Phi) is 8.10. The molecule has 0 aromatic heterocycles. The fourth-order valence-corrected chi connectivity index (χ4v) is 4.53. The number of nitrogens with one attached hydrogen (secondary N) is 2. The van der Waals surface area contributed by atoms with Crippen molar-refractivity contribution in [2.75, 3.05) is 19.6 Å². The third-order valence-corrected chi connectivity index (χ3v) is 6.54. The molecule has 2 amide bonds. The smallest absolute Gasteiger partial charge is 0.234 e. The molecule has 5 nitrogen and oxygen atoms in total. The molecule has 1 atom stereocenters. The van der Waals surface area contributed by atoms with E-state index in [2.05, 4.69) is 46.7 Å². The maximum Gasteiger partial charge on any atom is 0.234 e. The number of hydrogen-bond acceptors (Lipinski definition) is 3. The summed E-state index contributed by atoms with van der Waals surface area (Å²) in [5, 5.41) is 6.38. The zero-order valence-corrected chi connectivity index (χ0v) is 18.1. The lowest BCUT2D eigenvalue weighted by atomic mass is 9.88. The molecule has 1 heterocycles. The summed E-state index contributed by atoms with van der Waals surface area (Å²) < 4.78 is 0. The van der Waals surface area contributed by atoms with E-state index in [4.69, 9.17) is 0 Å². The number of hydrogen-bond donors (Lipinski definition) is 2. The minimum Gasteiger partial charge on any atom is -0.353 e. The fraction of sp³-hybridized carbons (Fsp3) is 0.667. The van der Waals surface area contributed by atoms with Gasteiger partial charge in [0.2, 0.25) is 11.8 Å². The van der Waals surface area contributed by atoms with Crippen molar-refractivity contribution in [3.05, 3.63) is 35.4 Å². The van der Waals surface area contributed by atoms with E-state index in [0.717, 1.165) is 50.8 Å². The van der Waals surface area contributed by atoms with Gasteiger partial charge < -0.3 is 10.6 Å². The van der Waals surface area contributed by atoms with Crippen molar-refractivity contribution < 1.29 is 9.59 Å². The van der Waals surface area contributed by atoms with Crippen LogP contribution in [0.5, 0.6) is 0 Å². The van der Waals surface area contributed by atoms with Crippen molar-refractivity contribution >= 4 is 11.8 Å². The molecule has 160 valence electrons. The Balaban J connectivity index is 1.37. The second-order valence-corrected chi connectivity index (χ2v) is 8.78. The van der Waals surface area contributed by atoms with E-state index >= 15 is 0 Å². The van der Waals surface area contributed by atoms with Gasteiger partial charge in [0.15, 0.2) is 0 Å². The lowest BCUT2D eigenvalue weighted by Gasteiger charge is -2.33. The monoisotopic (exact) mass is 399 g/mol. The molecule has 2 aliphatic rings. The van der Waals surface area contributed by atoms with Gasteiger partial charge in [0.25, 0.3) is 0 Å². The van der Waals surface area contributed by atoms with Gasteiger partial charge in [0.1, 0.15) is 0 Å². The van der Waals surface area contributed by atoms with Crippen LogP contribution >= 0.6 is 0 Å². The van der Waals surface area contributed by atoms with Gasteiger partial charge in [0.05, 0.1) is 12.6 Å². The van der Waals surface area contributed by atoms with Crippen molar-refractivity contribution in [3.63, 3.8) is 0 Å². The van der Waals surface area contributed by atoms with E-state index in [1.807, 2.05) is 6.92 Å². The van der Waals surface area contributed by atoms with Gasteiger partial charge in [-0.1, -0.05) is 50.5 Å².